The molecule has 0 saturated carbocycles. The van der Waals surface area contributed by atoms with Gasteiger partial charge in [0, 0.05) is 25.2 Å². The Labute approximate surface area is 103 Å². The van der Waals surface area contributed by atoms with Gasteiger partial charge in [-0.15, -0.1) is 0 Å². The zero-order valence-electron chi connectivity index (χ0n) is 11.3. The van der Waals surface area contributed by atoms with Crippen molar-refractivity contribution in [2.45, 2.75) is 58.3 Å². The van der Waals surface area contributed by atoms with Gasteiger partial charge < -0.3 is 10.2 Å². The van der Waals surface area contributed by atoms with Crippen molar-refractivity contribution in [1.82, 2.24) is 10.2 Å². The van der Waals surface area contributed by atoms with E-state index < -0.39 is 12.6 Å². The molecular formula is C12H25F3N2. The van der Waals surface area contributed by atoms with Crippen LogP contribution in [0.4, 0.5) is 13.2 Å². The van der Waals surface area contributed by atoms with Crippen LogP contribution in [0.5, 0.6) is 0 Å². The minimum Gasteiger partial charge on any atom is -0.312 e. The molecule has 0 radical (unpaired) electrons. The molecule has 0 fully saturated rings. The van der Waals surface area contributed by atoms with Gasteiger partial charge in [-0.1, -0.05) is 13.8 Å². The van der Waals surface area contributed by atoms with Crippen molar-refractivity contribution >= 4 is 0 Å². The van der Waals surface area contributed by atoms with Crippen molar-refractivity contribution in [2.24, 2.45) is 0 Å². The monoisotopic (exact) mass is 254 g/mol. The highest BCUT2D eigenvalue weighted by molar-refractivity contribution is 4.71. The van der Waals surface area contributed by atoms with Gasteiger partial charge in [-0.2, -0.15) is 13.2 Å². The van der Waals surface area contributed by atoms with Gasteiger partial charge in [-0.05, 0) is 26.8 Å². The molecule has 5 heteroatoms. The second kappa shape index (κ2) is 7.93. The molecule has 0 rings (SSSR count). The van der Waals surface area contributed by atoms with Crippen LogP contribution in [-0.2, 0) is 0 Å². The van der Waals surface area contributed by atoms with Crippen molar-refractivity contribution in [3.63, 3.8) is 0 Å². The van der Waals surface area contributed by atoms with Gasteiger partial charge in [0.15, 0.2) is 0 Å². The molecule has 104 valence electrons. The molecule has 0 aliphatic rings. The quantitative estimate of drug-likeness (QED) is 0.716. The summed E-state index contributed by atoms with van der Waals surface area (Å²) in [7, 11) is 1.74. The fourth-order valence-corrected chi connectivity index (χ4v) is 1.59. The fraction of sp³-hybridized carbons (Fsp3) is 1.00. The van der Waals surface area contributed by atoms with Crippen LogP contribution >= 0.6 is 0 Å². The van der Waals surface area contributed by atoms with Gasteiger partial charge in [0.25, 0.3) is 0 Å². The molecule has 0 aromatic rings. The third-order valence-corrected chi connectivity index (χ3v) is 3.19. The molecule has 0 aromatic carbocycles. The Kier molecular flexibility index (Phi) is 7.79. The number of halogens is 3. The first-order chi connectivity index (χ1) is 7.80. The van der Waals surface area contributed by atoms with Crippen LogP contribution in [0, 0.1) is 0 Å². The lowest BCUT2D eigenvalue weighted by atomic mass is 10.1. The summed E-state index contributed by atoms with van der Waals surface area (Å²) in [6.07, 6.45) is -2.69. The maximum Gasteiger partial charge on any atom is 0.390 e. The van der Waals surface area contributed by atoms with Gasteiger partial charge in [0.05, 0.1) is 6.42 Å². The molecule has 2 nitrogen and oxygen atoms in total. The van der Waals surface area contributed by atoms with E-state index in [9.17, 15) is 13.2 Å². The normalized spacial score (nSPS) is 14.6. The molecule has 0 saturated heterocycles. The van der Waals surface area contributed by atoms with E-state index in [1.54, 1.807) is 11.9 Å². The lowest BCUT2D eigenvalue weighted by molar-refractivity contribution is -0.138. The largest absolute Gasteiger partial charge is 0.390 e. The summed E-state index contributed by atoms with van der Waals surface area (Å²) in [6, 6.07) is 0.589. The highest BCUT2D eigenvalue weighted by atomic mass is 19.4. The first-order valence-corrected chi connectivity index (χ1v) is 6.30. The third kappa shape index (κ3) is 8.44. The average molecular weight is 254 g/mol. The summed E-state index contributed by atoms with van der Waals surface area (Å²) in [4.78, 5) is 1.75. The second-order valence-corrected chi connectivity index (χ2v) is 4.62. The number of nitrogens with one attached hydrogen (secondary N) is 1. The Balaban J connectivity index is 3.85. The van der Waals surface area contributed by atoms with Crippen LogP contribution in [-0.4, -0.2) is 43.3 Å². The van der Waals surface area contributed by atoms with Gasteiger partial charge in [-0.25, -0.2) is 0 Å². The molecule has 17 heavy (non-hydrogen) atoms. The minimum atomic E-state index is -4.06. The number of hydrogen-bond donors (Lipinski definition) is 1. The fourth-order valence-electron chi connectivity index (χ4n) is 1.59. The van der Waals surface area contributed by atoms with Crippen LogP contribution < -0.4 is 5.32 Å². The number of rotatable bonds is 8. The molecule has 0 aliphatic heterocycles. The SMILES string of the molecule is CCC(CC)NCC(C)N(C)CCC(F)(F)F. The Morgan fingerprint density at radius 2 is 1.71 bits per heavy atom. The molecule has 0 amide bonds. The number of hydrogen-bond acceptors (Lipinski definition) is 2. The van der Waals surface area contributed by atoms with Crippen LogP contribution in [0.2, 0.25) is 0 Å². The minimum absolute atomic E-state index is 0.0647. The lowest BCUT2D eigenvalue weighted by Crippen LogP contribution is -2.42. The molecule has 1 unspecified atom stereocenters. The smallest absolute Gasteiger partial charge is 0.312 e. The van der Waals surface area contributed by atoms with E-state index in [1.807, 2.05) is 6.92 Å². The molecule has 1 N–H and O–H groups in total. The van der Waals surface area contributed by atoms with E-state index in [2.05, 4.69) is 19.2 Å². The maximum absolute atomic E-state index is 12.1. The van der Waals surface area contributed by atoms with E-state index in [1.165, 1.54) is 0 Å². The summed E-state index contributed by atoms with van der Waals surface area (Å²) >= 11 is 0. The molecule has 0 spiro atoms. The standard InChI is InChI=1S/C12H25F3N2/c1-5-11(6-2)16-9-10(3)17(4)8-7-12(13,14)15/h10-11,16H,5-9H2,1-4H3. The Hall–Kier alpha value is -0.290. The summed E-state index contributed by atoms with van der Waals surface area (Å²) in [5.41, 5.74) is 0. The van der Waals surface area contributed by atoms with Crippen LogP contribution in [0.15, 0.2) is 0 Å². The highest BCUT2D eigenvalue weighted by Gasteiger charge is 2.27. The van der Waals surface area contributed by atoms with Crippen LogP contribution in [0.1, 0.15) is 40.0 Å². The molecule has 0 aromatic heterocycles. The maximum atomic E-state index is 12.1. The number of likely N-dealkylation sites (N-methyl/N-ethyl adjacent to an activating group) is 1. The highest BCUT2D eigenvalue weighted by Crippen LogP contribution is 2.19. The van der Waals surface area contributed by atoms with Gasteiger partial charge >= 0.3 is 6.18 Å². The van der Waals surface area contributed by atoms with Crippen molar-refractivity contribution in [3.8, 4) is 0 Å². The third-order valence-electron chi connectivity index (χ3n) is 3.19. The molecule has 0 heterocycles. The second-order valence-electron chi connectivity index (χ2n) is 4.62. The lowest BCUT2D eigenvalue weighted by Gasteiger charge is -2.27. The van der Waals surface area contributed by atoms with Gasteiger partial charge in [-0.3, -0.25) is 0 Å². The molecule has 0 aliphatic carbocycles. The first-order valence-electron chi connectivity index (χ1n) is 6.30. The van der Waals surface area contributed by atoms with Crippen LogP contribution in [0.3, 0.4) is 0 Å². The molecule has 0 bridgehead atoms. The zero-order chi connectivity index (χ0) is 13.5. The van der Waals surface area contributed by atoms with Crippen molar-refractivity contribution in [1.29, 1.82) is 0 Å². The number of nitrogens with zero attached hydrogens (tertiary/aromatic N) is 1. The van der Waals surface area contributed by atoms with E-state index >= 15 is 0 Å². The predicted molar refractivity (Wildman–Crippen MR) is 65.1 cm³/mol. The van der Waals surface area contributed by atoms with E-state index in [0.29, 0.717) is 6.04 Å². The predicted octanol–water partition coefficient (Wildman–Crippen LogP) is 3.04. The van der Waals surface area contributed by atoms with Crippen molar-refractivity contribution in [2.75, 3.05) is 20.1 Å². The molecule has 1 atom stereocenters. The van der Waals surface area contributed by atoms with E-state index in [-0.39, 0.29) is 12.6 Å². The Morgan fingerprint density at radius 3 is 2.12 bits per heavy atom. The summed E-state index contributed by atoms with van der Waals surface area (Å²) in [6.45, 7) is 6.97. The molecular weight excluding hydrogens is 229 g/mol. The van der Waals surface area contributed by atoms with Gasteiger partial charge in [0.1, 0.15) is 0 Å². The van der Waals surface area contributed by atoms with Crippen molar-refractivity contribution in [3.05, 3.63) is 0 Å². The van der Waals surface area contributed by atoms with Crippen LogP contribution in [0.25, 0.3) is 0 Å². The average Bonchev–Trinajstić information content (AvgIpc) is 2.25. The first kappa shape index (κ1) is 16.7. The van der Waals surface area contributed by atoms with Crippen molar-refractivity contribution < 1.29 is 13.2 Å². The van der Waals surface area contributed by atoms with E-state index in [4.69, 9.17) is 0 Å². The summed E-state index contributed by atoms with van der Waals surface area (Å²) in [5.74, 6) is 0. The van der Waals surface area contributed by atoms with Gasteiger partial charge in [0.2, 0.25) is 0 Å². The summed E-state index contributed by atoms with van der Waals surface area (Å²) < 4.78 is 36.2. The number of alkyl halides is 3. The summed E-state index contributed by atoms with van der Waals surface area (Å²) in [5, 5.41) is 3.37. The Bertz CT molecular complexity index is 191. The Morgan fingerprint density at radius 1 is 1.18 bits per heavy atom. The zero-order valence-corrected chi connectivity index (χ0v) is 11.3. The topological polar surface area (TPSA) is 15.3 Å². The van der Waals surface area contributed by atoms with E-state index in [0.717, 1.165) is 19.4 Å².